The molecule has 1 aromatic rings. The molecule has 2 N–H and O–H groups in total. The van der Waals surface area contributed by atoms with Gasteiger partial charge in [0.25, 0.3) is 10.0 Å². The number of carboxylic acids is 1. The number of nitrogens with one attached hydrogen (secondary N) is 1. The normalized spacial score (nSPS) is 12.1. The Morgan fingerprint density at radius 1 is 1.53 bits per heavy atom. The first-order valence-electron chi connectivity index (χ1n) is 5.42. The van der Waals surface area contributed by atoms with Gasteiger partial charge < -0.3 is 9.52 Å². The molecule has 0 bridgehead atoms. The van der Waals surface area contributed by atoms with Gasteiger partial charge in [0, 0.05) is 12.0 Å². The zero-order valence-electron chi connectivity index (χ0n) is 10.5. The van der Waals surface area contributed by atoms with E-state index in [1.165, 1.54) is 12.1 Å². The van der Waals surface area contributed by atoms with Gasteiger partial charge in [-0.2, -0.15) is 5.26 Å². The Kier molecular flexibility index (Phi) is 4.34. The Morgan fingerprint density at radius 2 is 2.16 bits per heavy atom. The number of hydrogen-bond donors (Lipinski definition) is 2. The zero-order valence-corrected chi connectivity index (χ0v) is 11.3. The fourth-order valence-electron chi connectivity index (χ4n) is 1.41. The van der Waals surface area contributed by atoms with Crippen LogP contribution in [-0.4, -0.2) is 25.0 Å². The van der Waals surface area contributed by atoms with Crippen molar-refractivity contribution in [3.63, 3.8) is 0 Å². The lowest BCUT2D eigenvalue weighted by Gasteiger charge is -2.24. The van der Waals surface area contributed by atoms with E-state index in [2.05, 4.69) is 4.72 Å². The quantitative estimate of drug-likeness (QED) is 0.807. The molecule has 7 nitrogen and oxygen atoms in total. The summed E-state index contributed by atoms with van der Waals surface area (Å²) >= 11 is 0. The molecule has 0 aromatic carbocycles. The van der Waals surface area contributed by atoms with Gasteiger partial charge in [0.2, 0.25) is 10.9 Å². The van der Waals surface area contributed by atoms with E-state index in [0.717, 1.165) is 0 Å². The van der Waals surface area contributed by atoms with Crippen molar-refractivity contribution >= 4 is 16.0 Å². The Morgan fingerprint density at radius 3 is 2.63 bits per heavy atom. The van der Waals surface area contributed by atoms with Gasteiger partial charge in [-0.25, -0.2) is 13.1 Å². The van der Waals surface area contributed by atoms with E-state index in [1.54, 1.807) is 19.9 Å². The molecular formula is C11H14N2O5S. The van der Waals surface area contributed by atoms with Crippen LogP contribution >= 0.6 is 0 Å². The number of nitriles is 1. The van der Waals surface area contributed by atoms with Crippen LogP contribution < -0.4 is 4.72 Å². The number of nitrogens with zero attached hydrogens (tertiary/aromatic N) is 1. The molecule has 0 aliphatic carbocycles. The SMILES string of the molecule is CC(C)(CCC(=O)O)NS(=O)(=O)c1ccc(C#N)o1. The molecule has 0 spiro atoms. The summed E-state index contributed by atoms with van der Waals surface area (Å²) in [6, 6.07) is 4.11. The summed E-state index contributed by atoms with van der Waals surface area (Å²) in [7, 11) is -3.92. The van der Waals surface area contributed by atoms with Crippen LogP contribution in [0, 0.1) is 11.3 Å². The number of carbonyl (C=O) groups is 1. The van der Waals surface area contributed by atoms with Crippen LogP contribution in [0.5, 0.6) is 0 Å². The highest BCUT2D eigenvalue weighted by molar-refractivity contribution is 7.89. The first-order valence-corrected chi connectivity index (χ1v) is 6.90. The highest BCUT2D eigenvalue weighted by atomic mass is 32.2. The molecule has 0 saturated carbocycles. The van der Waals surface area contributed by atoms with Gasteiger partial charge >= 0.3 is 5.97 Å². The maximum Gasteiger partial charge on any atom is 0.303 e. The minimum absolute atomic E-state index is 0.108. The van der Waals surface area contributed by atoms with E-state index in [1.807, 2.05) is 0 Å². The van der Waals surface area contributed by atoms with Crippen molar-refractivity contribution < 1.29 is 22.7 Å². The Bertz CT molecular complexity index is 609. The standard InChI is InChI=1S/C11H14N2O5S/c1-11(2,6-5-9(14)15)13-19(16,17)10-4-3-8(7-12)18-10/h3-4,13H,5-6H2,1-2H3,(H,14,15). The van der Waals surface area contributed by atoms with Crippen LogP contribution in [0.1, 0.15) is 32.4 Å². The van der Waals surface area contributed by atoms with E-state index in [-0.39, 0.29) is 23.7 Å². The lowest BCUT2D eigenvalue weighted by atomic mass is 10.0. The minimum atomic E-state index is -3.92. The second-order valence-electron chi connectivity index (χ2n) is 4.61. The van der Waals surface area contributed by atoms with Crippen LogP contribution in [0.25, 0.3) is 0 Å². The van der Waals surface area contributed by atoms with E-state index in [9.17, 15) is 13.2 Å². The molecule has 0 radical (unpaired) electrons. The molecule has 19 heavy (non-hydrogen) atoms. The number of furan rings is 1. The van der Waals surface area contributed by atoms with Gasteiger partial charge in [-0.15, -0.1) is 0 Å². The third-order valence-electron chi connectivity index (χ3n) is 2.33. The first-order chi connectivity index (χ1) is 8.66. The van der Waals surface area contributed by atoms with Crippen molar-refractivity contribution in [3.8, 4) is 6.07 Å². The van der Waals surface area contributed by atoms with E-state index in [0.29, 0.717) is 0 Å². The third-order valence-corrected chi connectivity index (χ3v) is 3.90. The molecule has 1 heterocycles. The number of carboxylic acid groups (broad SMARTS) is 1. The van der Waals surface area contributed by atoms with Gasteiger partial charge in [0.05, 0.1) is 0 Å². The van der Waals surface area contributed by atoms with Gasteiger partial charge in [-0.05, 0) is 32.4 Å². The highest BCUT2D eigenvalue weighted by Crippen LogP contribution is 2.18. The number of hydrogen-bond acceptors (Lipinski definition) is 5. The Balaban J connectivity index is 2.84. The van der Waals surface area contributed by atoms with Crippen molar-refractivity contribution in [1.29, 1.82) is 5.26 Å². The number of sulfonamides is 1. The summed E-state index contributed by atoms with van der Waals surface area (Å²) in [5, 5.41) is 16.8. The van der Waals surface area contributed by atoms with Gasteiger partial charge in [-0.1, -0.05) is 0 Å². The molecule has 1 rings (SSSR count). The van der Waals surface area contributed by atoms with Crippen molar-refractivity contribution in [2.45, 2.75) is 37.3 Å². The van der Waals surface area contributed by atoms with E-state index < -0.39 is 21.5 Å². The van der Waals surface area contributed by atoms with Gasteiger partial charge in [-0.3, -0.25) is 4.79 Å². The summed E-state index contributed by atoms with van der Waals surface area (Å²) in [5.41, 5.74) is -0.934. The van der Waals surface area contributed by atoms with E-state index >= 15 is 0 Å². The summed E-state index contributed by atoms with van der Waals surface area (Å²) < 4.78 is 31.1. The topological polar surface area (TPSA) is 120 Å². The summed E-state index contributed by atoms with van der Waals surface area (Å²) in [6.45, 7) is 3.14. The Labute approximate surface area is 110 Å². The average Bonchev–Trinajstić information content (AvgIpc) is 2.74. The van der Waals surface area contributed by atoms with Crippen molar-refractivity contribution in [2.24, 2.45) is 0 Å². The molecule has 1 aromatic heterocycles. The zero-order chi connectivity index (χ0) is 14.7. The van der Waals surface area contributed by atoms with Crippen LogP contribution in [0.3, 0.4) is 0 Å². The molecule has 0 atom stereocenters. The van der Waals surface area contributed by atoms with Gasteiger partial charge in [0.1, 0.15) is 6.07 Å². The molecule has 0 fully saturated rings. The monoisotopic (exact) mass is 286 g/mol. The maximum absolute atomic E-state index is 12.0. The van der Waals surface area contributed by atoms with Crippen molar-refractivity contribution in [1.82, 2.24) is 4.72 Å². The number of rotatable bonds is 6. The number of aliphatic carboxylic acids is 1. The third kappa shape index (κ3) is 4.39. The summed E-state index contributed by atoms with van der Waals surface area (Å²) in [4.78, 5) is 10.5. The van der Waals surface area contributed by atoms with Crippen molar-refractivity contribution in [3.05, 3.63) is 17.9 Å². The van der Waals surface area contributed by atoms with Crippen LogP contribution in [-0.2, 0) is 14.8 Å². The molecule has 104 valence electrons. The predicted molar refractivity (Wildman–Crippen MR) is 64.7 cm³/mol. The minimum Gasteiger partial charge on any atom is -0.481 e. The lowest BCUT2D eigenvalue weighted by molar-refractivity contribution is -0.137. The first kappa shape index (κ1) is 15.2. The Hall–Kier alpha value is -1.85. The molecular weight excluding hydrogens is 272 g/mol. The van der Waals surface area contributed by atoms with Crippen LogP contribution in [0.15, 0.2) is 21.6 Å². The largest absolute Gasteiger partial charge is 0.481 e. The predicted octanol–water partition coefficient (Wildman–Crippen LogP) is 1.07. The molecule has 0 amide bonds. The molecule has 0 aliphatic rings. The lowest BCUT2D eigenvalue weighted by Crippen LogP contribution is -2.43. The maximum atomic E-state index is 12.0. The fraction of sp³-hybridized carbons (Fsp3) is 0.455. The van der Waals surface area contributed by atoms with Crippen molar-refractivity contribution in [2.75, 3.05) is 0 Å². The molecule has 0 unspecified atom stereocenters. The van der Waals surface area contributed by atoms with E-state index in [4.69, 9.17) is 14.8 Å². The second-order valence-corrected chi connectivity index (χ2v) is 6.23. The van der Waals surface area contributed by atoms with Crippen LogP contribution in [0.2, 0.25) is 0 Å². The molecule has 0 saturated heterocycles. The smallest absolute Gasteiger partial charge is 0.303 e. The molecule has 0 aliphatic heterocycles. The summed E-state index contributed by atoms with van der Waals surface area (Å²) in [5.74, 6) is -1.11. The van der Waals surface area contributed by atoms with Gasteiger partial charge in [0.15, 0.2) is 0 Å². The van der Waals surface area contributed by atoms with Crippen LogP contribution in [0.4, 0.5) is 0 Å². The average molecular weight is 286 g/mol. The fourth-order valence-corrected chi connectivity index (χ4v) is 2.79. The summed E-state index contributed by atoms with van der Waals surface area (Å²) in [6.07, 6.45) is -0.0233. The second kappa shape index (κ2) is 5.42. The highest BCUT2D eigenvalue weighted by Gasteiger charge is 2.28. The molecule has 8 heteroatoms.